The Hall–Kier alpha value is -1.79. The average Bonchev–Trinajstić information content (AvgIpc) is 2.45. The van der Waals surface area contributed by atoms with E-state index in [1.165, 1.54) is 19.1 Å². The number of rotatable bonds is 4. The molecule has 0 heterocycles. The van der Waals surface area contributed by atoms with Crippen molar-refractivity contribution >= 4 is 21.9 Å². The Morgan fingerprint density at radius 3 is 2.32 bits per heavy atom. The van der Waals surface area contributed by atoms with Gasteiger partial charge in [0.05, 0.1) is 0 Å². The van der Waals surface area contributed by atoms with Crippen molar-refractivity contribution in [1.82, 2.24) is 0 Å². The SMILES string of the molecule is C[C@H](c1c(F)cc(F)cc1Br)C(O)(C(=O)O)c1ccccc1. The highest BCUT2D eigenvalue weighted by atomic mass is 79.9. The lowest BCUT2D eigenvalue weighted by Gasteiger charge is -2.31. The van der Waals surface area contributed by atoms with Crippen molar-refractivity contribution in [2.45, 2.75) is 18.4 Å². The van der Waals surface area contributed by atoms with Crippen molar-refractivity contribution in [3.63, 3.8) is 0 Å². The predicted molar refractivity (Wildman–Crippen MR) is 80.4 cm³/mol. The first-order chi connectivity index (χ1) is 10.3. The van der Waals surface area contributed by atoms with Crippen LogP contribution in [-0.4, -0.2) is 16.2 Å². The summed E-state index contributed by atoms with van der Waals surface area (Å²) < 4.78 is 27.4. The summed E-state index contributed by atoms with van der Waals surface area (Å²) >= 11 is 3.03. The molecule has 0 spiro atoms. The maximum atomic E-state index is 14.1. The zero-order chi connectivity index (χ0) is 16.5. The molecule has 3 nitrogen and oxygen atoms in total. The number of carbonyl (C=O) groups is 1. The van der Waals surface area contributed by atoms with Gasteiger partial charge >= 0.3 is 5.97 Å². The van der Waals surface area contributed by atoms with E-state index in [0.29, 0.717) is 6.07 Å². The third kappa shape index (κ3) is 2.76. The number of halogens is 3. The molecule has 2 aromatic rings. The molecule has 22 heavy (non-hydrogen) atoms. The Balaban J connectivity index is 2.63. The predicted octanol–water partition coefficient (Wildman–Crippen LogP) is 3.80. The zero-order valence-corrected chi connectivity index (χ0v) is 13.1. The number of hydrogen-bond acceptors (Lipinski definition) is 2. The lowest BCUT2D eigenvalue weighted by atomic mass is 9.78. The molecule has 2 N–H and O–H groups in total. The molecule has 0 aliphatic carbocycles. The van der Waals surface area contributed by atoms with Crippen molar-refractivity contribution in [2.24, 2.45) is 0 Å². The molecule has 0 aromatic heterocycles. The van der Waals surface area contributed by atoms with E-state index in [1.54, 1.807) is 18.2 Å². The van der Waals surface area contributed by atoms with Gasteiger partial charge in [-0.05, 0) is 11.6 Å². The Labute approximate surface area is 134 Å². The molecule has 2 atom stereocenters. The molecule has 0 radical (unpaired) electrons. The zero-order valence-electron chi connectivity index (χ0n) is 11.6. The summed E-state index contributed by atoms with van der Waals surface area (Å²) in [6, 6.07) is 9.40. The van der Waals surface area contributed by atoms with Crippen LogP contribution in [0.2, 0.25) is 0 Å². The van der Waals surface area contributed by atoms with Gasteiger partial charge in [-0.25, -0.2) is 13.6 Å². The average molecular weight is 371 g/mol. The first-order valence-corrected chi connectivity index (χ1v) is 7.23. The number of aliphatic hydroxyl groups is 1. The van der Waals surface area contributed by atoms with E-state index in [9.17, 15) is 23.8 Å². The minimum Gasteiger partial charge on any atom is -0.479 e. The Kier molecular flexibility index (Phi) is 4.63. The van der Waals surface area contributed by atoms with Gasteiger partial charge in [0.25, 0.3) is 0 Å². The van der Waals surface area contributed by atoms with Crippen LogP contribution in [0.15, 0.2) is 46.9 Å². The lowest BCUT2D eigenvalue weighted by molar-refractivity contribution is -0.162. The third-order valence-electron chi connectivity index (χ3n) is 3.64. The van der Waals surface area contributed by atoms with Crippen LogP contribution in [-0.2, 0) is 10.4 Å². The maximum Gasteiger partial charge on any atom is 0.341 e. The molecule has 6 heteroatoms. The summed E-state index contributed by atoms with van der Waals surface area (Å²) in [7, 11) is 0. The molecule has 0 aliphatic rings. The van der Waals surface area contributed by atoms with Gasteiger partial charge < -0.3 is 10.2 Å². The molecule has 2 aromatic carbocycles. The summed E-state index contributed by atoms with van der Waals surface area (Å²) in [5.74, 6) is -4.38. The van der Waals surface area contributed by atoms with E-state index in [-0.39, 0.29) is 15.6 Å². The normalized spacial score (nSPS) is 15.1. The molecule has 0 aliphatic heterocycles. The van der Waals surface area contributed by atoms with Gasteiger partial charge in [-0.15, -0.1) is 0 Å². The molecule has 0 amide bonds. The number of benzene rings is 2. The summed E-state index contributed by atoms with van der Waals surface area (Å²) in [6.45, 7) is 1.38. The van der Waals surface area contributed by atoms with Crippen molar-refractivity contribution < 1.29 is 23.8 Å². The fraction of sp³-hybridized carbons (Fsp3) is 0.188. The molecule has 1 unspecified atom stereocenters. The second kappa shape index (κ2) is 6.14. The summed E-state index contributed by atoms with van der Waals surface area (Å²) in [5, 5.41) is 20.2. The van der Waals surface area contributed by atoms with Crippen molar-refractivity contribution in [1.29, 1.82) is 0 Å². The van der Waals surface area contributed by atoms with Gasteiger partial charge in [0, 0.05) is 22.0 Å². The highest BCUT2D eigenvalue weighted by Gasteiger charge is 2.45. The topological polar surface area (TPSA) is 57.5 Å². The molecule has 0 bridgehead atoms. The lowest BCUT2D eigenvalue weighted by Crippen LogP contribution is -2.41. The minimum atomic E-state index is -2.34. The Bertz CT molecular complexity index is 683. The molecule has 0 saturated carbocycles. The van der Waals surface area contributed by atoms with E-state index < -0.39 is 29.1 Å². The van der Waals surface area contributed by atoms with Gasteiger partial charge in [-0.1, -0.05) is 53.2 Å². The first kappa shape index (κ1) is 16.6. The van der Waals surface area contributed by atoms with Gasteiger partial charge in [0.1, 0.15) is 11.6 Å². The maximum absolute atomic E-state index is 14.1. The van der Waals surface area contributed by atoms with Crippen LogP contribution in [0.25, 0.3) is 0 Å². The van der Waals surface area contributed by atoms with Crippen molar-refractivity contribution in [2.75, 3.05) is 0 Å². The fourth-order valence-electron chi connectivity index (χ4n) is 2.43. The number of carboxylic acids is 1. The molecule has 2 rings (SSSR count). The largest absolute Gasteiger partial charge is 0.479 e. The van der Waals surface area contributed by atoms with Gasteiger partial charge in [0.2, 0.25) is 0 Å². The standard InChI is InChI=1S/C16H13BrF2O3/c1-9(14-12(17)7-11(18)8-13(14)19)16(22,15(20)21)10-5-3-2-4-6-10/h2-9,22H,1H3,(H,20,21)/t9-,16?/m1/s1. The molecule has 116 valence electrons. The second-order valence-corrected chi connectivity index (χ2v) is 5.80. The van der Waals surface area contributed by atoms with Crippen LogP contribution < -0.4 is 0 Å². The summed E-state index contributed by atoms with van der Waals surface area (Å²) in [5.41, 5.74) is -2.33. The Morgan fingerprint density at radius 1 is 1.23 bits per heavy atom. The van der Waals surface area contributed by atoms with Crippen molar-refractivity contribution in [3.05, 3.63) is 69.7 Å². The Morgan fingerprint density at radius 2 is 1.82 bits per heavy atom. The first-order valence-electron chi connectivity index (χ1n) is 6.44. The summed E-state index contributed by atoms with van der Waals surface area (Å²) in [4.78, 5) is 11.7. The quantitative estimate of drug-likeness (QED) is 0.860. The number of hydrogen-bond donors (Lipinski definition) is 2. The van der Waals surface area contributed by atoms with Crippen LogP contribution in [0, 0.1) is 11.6 Å². The van der Waals surface area contributed by atoms with Gasteiger partial charge in [-0.3, -0.25) is 0 Å². The van der Waals surface area contributed by atoms with Gasteiger partial charge in [0.15, 0.2) is 5.60 Å². The monoisotopic (exact) mass is 370 g/mol. The van der Waals surface area contributed by atoms with Crippen LogP contribution >= 0.6 is 15.9 Å². The molecular formula is C16H13BrF2O3. The smallest absolute Gasteiger partial charge is 0.341 e. The fourth-order valence-corrected chi connectivity index (χ4v) is 3.18. The highest BCUT2D eigenvalue weighted by molar-refractivity contribution is 9.10. The number of aliphatic carboxylic acids is 1. The van der Waals surface area contributed by atoms with Crippen LogP contribution in [0.5, 0.6) is 0 Å². The molecule has 0 saturated heterocycles. The van der Waals surface area contributed by atoms with Crippen LogP contribution in [0.1, 0.15) is 24.0 Å². The van der Waals surface area contributed by atoms with E-state index >= 15 is 0 Å². The van der Waals surface area contributed by atoms with E-state index in [1.807, 2.05) is 0 Å². The van der Waals surface area contributed by atoms with Crippen LogP contribution in [0.3, 0.4) is 0 Å². The second-order valence-electron chi connectivity index (χ2n) is 4.94. The third-order valence-corrected chi connectivity index (χ3v) is 4.30. The summed E-state index contributed by atoms with van der Waals surface area (Å²) in [6.07, 6.45) is 0. The van der Waals surface area contributed by atoms with Gasteiger partial charge in [-0.2, -0.15) is 0 Å². The van der Waals surface area contributed by atoms with Crippen LogP contribution in [0.4, 0.5) is 8.78 Å². The minimum absolute atomic E-state index is 0.0631. The number of carboxylic acid groups (broad SMARTS) is 1. The molecular weight excluding hydrogens is 358 g/mol. The molecule has 0 fully saturated rings. The highest BCUT2D eigenvalue weighted by Crippen LogP contribution is 2.41. The van der Waals surface area contributed by atoms with E-state index in [0.717, 1.165) is 6.07 Å². The van der Waals surface area contributed by atoms with E-state index in [2.05, 4.69) is 15.9 Å². The van der Waals surface area contributed by atoms with E-state index in [4.69, 9.17) is 0 Å². The van der Waals surface area contributed by atoms with Crippen molar-refractivity contribution in [3.8, 4) is 0 Å².